The van der Waals surface area contributed by atoms with E-state index >= 15 is 0 Å². The molecule has 1 amide bonds. The number of aromatic nitrogens is 2. The Labute approximate surface area is 128 Å². The highest BCUT2D eigenvalue weighted by atomic mass is 16.5. The van der Waals surface area contributed by atoms with Crippen LogP contribution in [0, 0.1) is 5.41 Å². The van der Waals surface area contributed by atoms with Gasteiger partial charge in [0, 0.05) is 30.8 Å². The number of hydrogen-bond donors (Lipinski definition) is 3. The van der Waals surface area contributed by atoms with Crippen LogP contribution < -0.4 is 11.1 Å². The SMILES string of the molecule is CCO[C@@H]1C[C@](NC(=O)c2nccnc2N)(C(=O)O)C1(C)C. The van der Waals surface area contributed by atoms with Crippen LogP contribution in [-0.4, -0.2) is 45.2 Å². The number of nitrogens with two attached hydrogens (primary N) is 1. The van der Waals surface area contributed by atoms with Crippen LogP contribution in [0.3, 0.4) is 0 Å². The van der Waals surface area contributed by atoms with Crippen LogP contribution in [0.5, 0.6) is 0 Å². The first-order valence-electron chi connectivity index (χ1n) is 7.00. The summed E-state index contributed by atoms with van der Waals surface area (Å²) in [7, 11) is 0. The molecule has 0 aromatic carbocycles. The smallest absolute Gasteiger partial charge is 0.330 e. The Hall–Kier alpha value is -2.22. The van der Waals surface area contributed by atoms with Gasteiger partial charge in [-0.2, -0.15) is 0 Å². The van der Waals surface area contributed by atoms with Crippen molar-refractivity contribution in [2.75, 3.05) is 12.3 Å². The summed E-state index contributed by atoms with van der Waals surface area (Å²) in [4.78, 5) is 31.8. The maximum Gasteiger partial charge on any atom is 0.330 e. The average Bonchev–Trinajstić information content (AvgIpc) is 2.45. The summed E-state index contributed by atoms with van der Waals surface area (Å²) in [6.07, 6.45) is 2.63. The minimum Gasteiger partial charge on any atom is -0.479 e. The van der Waals surface area contributed by atoms with Crippen molar-refractivity contribution in [1.29, 1.82) is 0 Å². The lowest BCUT2D eigenvalue weighted by Crippen LogP contribution is -2.76. The largest absolute Gasteiger partial charge is 0.479 e. The second-order valence-corrected chi connectivity index (χ2v) is 5.82. The van der Waals surface area contributed by atoms with E-state index in [2.05, 4.69) is 15.3 Å². The van der Waals surface area contributed by atoms with E-state index in [1.165, 1.54) is 12.4 Å². The van der Waals surface area contributed by atoms with Crippen LogP contribution >= 0.6 is 0 Å². The monoisotopic (exact) mass is 308 g/mol. The summed E-state index contributed by atoms with van der Waals surface area (Å²) in [6, 6.07) is 0. The molecule has 0 aliphatic heterocycles. The molecule has 4 N–H and O–H groups in total. The highest BCUT2D eigenvalue weighted by Gasteiger charge is 2.66. The molecule has 22 heavy (non-hydrogen) atoms. The number of nitrogens with one attached hydrogen (secondary N) is 1. The molecule has 0 unspecified atom stereocenters. The number of ether oxygens (including phenoxy) is 1. The molecule has 1 heterocycles. The molecule has 2 rings (SSSR count). The van der Waals surface area contributed by atoms with Crippen molar-refractivity contribution in [2.45, 2.75) is 38.8 Å². The summed E-state index contributed by atoms with van der Waals surface area (Å²) >= 11 is 0. The summed E-state index contributed by atoms with van der Waals surface area (Å²) in [6.45, 7) is 5.83. The van der Waals surface area contributed by atoms with Crippen molar-refractivity contribution >= 4 is 17.7 Å². The van der Waals surface area contributed by atoms with E-state index in [-0.39, 0.29) is 24.0 Å². The van der Waals surface area contributed by atoms with Gasteiger partial charge in [-0.15, -0.1) is 0 Å². The van der Waals surface area contributed by atoms with E-state index in [4.69, 9.17) is 10.5 Å². The van der Waals surface area contributed by atoms with E-state index in [1.54, 1.807) is 13.8 Å². The van der Waals surface area contributed by atoms with Gasteiger partial charge in [0.25, 0.3) is 5.91 Å². The number of hydrogen-bond acceptors (Lipinski definition) is 6. The van der Waals surface area contributed by atoms with Crippen LogP contribution in [-0.2, 0) is 9.53 Å². The molecule has 0 bridgehead atoms. The van der Waals surface area contributed by atoms with Crippen molar-refractivity contribution in [1.82, 2.24) is 15.3 Å². The van der Waals surface area contributed by atoms with Crippen molar-refractivity contribution < 1.29 is 19.4 Å². The molecule has 8 heteroatoms. The molecule has 1 fully saturated rings. The molecule has 120 valence electrons. The summed E-state index contributed by atoms with van der Waals surface area (Å²) in [5.41, 5.74) is 3.34. The van der Waals surface area contributed by atoms with Gasteiger partial charge in [-0.3, -0.25) is 4.79 Å². The molecule has 1 aliphatic carbocycles. The Morgan fingerprint density at radius 2 is 2.09 bits per heavy atom. The maximum atomic E-state index is 12.3. The zero-order chi connectivity index (χ0) is 16.5. The normalized spacial score (nSPS) is 26.0. The molecular formula is C14H20N4O4. The Morgan fingerprint density at radius 1 is 1.45 bits per heavy atom. The van der Waals surface area contributed by atoms with Gasteiger partial charge in [-0.1, -0.05) is 13.8 Å². The Morgan fingerprint density at radius 3 is 2.59 bits per heavy atom. The van der Waals surface area contributed by atoms with Gasteiger partial charge in [0.2, 0.25) is 0 Å². The second kappa shape index (κ2) is 5.53. The number of rotatable bonds is 5. The lowest BCUT2D eigenvalue weighted by molar-refractivity contribution is -0.190. The molecular weight excluding hydrogens is 288 g/mol. The van der Waals surface area contributed by atoms with Crippen LogP contribution in [0.15, 0.2) is 12.4 Å². The fourth-order valence-electron chi connectivity index (χ4n) is 2.81. The summed E-state index contributed by atoms with van der Waals surface area (Å²) < 4.78 is 5.54. The van der Waals surface area contributed by atoms with Gasteiger partial charge < -0.3 is 20.9 Å². The third kappa shape index (κ3) is 2.29. The number of amides is 1. The molecule has 8 nitrogen and oxygen atoms in total. The Bertz CT molecular complexity index is 604. The standard InChI is InChI=1S/C14H20N4O4/c1-4-22-8-7-14(12(20)21,13(8,2)3)18-11(19)9-10(15)17-6-5-16-9/h5-6,8H,4,7H2,1-3H3,(H2,15,17)(H,18,19)(H,20,21)/t8-,14+/m1/s1. The zero-order valence-corrected chi connectivity index (χ0v) is 12.8. The first-order chi connectivity index (χ1) is 10.3. The van der Waals surface area contributed by atoms with Gasteiger partial charge >= 0.3 is 5.97 Å². The van der Waals surface area contributed by atoms with Crippen LogP contribution in [0.25, 0.3) is 0 Å². The molecule has 0 radical (unpaired) electrons. The van der Waals surface area contributed by atoms with E-state index in [9.17, 15) is 14.7 Å². The Balaban J connectivity index is 2.27. The third-order valence-electron chi connectivity index (χ3n) is 4.40. The number of carboxylic acids is 1. The van der Waals surface area contributed by atoms with Gasteiger partial charge in [-0.25, -0.2) is 14.8 Å². The molecule has 1 saturated carbocycles. The van der Waals surface area contributed by atoms with Gasteiger partial charge in [0.1, 0.15) is 5.54 Å². The zero-order valence-electron chi connectivity index (χ0n) is 12.8. The number of nitrogens with zero attached hydrogens (tertiary/aromatic N) is 2. The van der Waals surface area contributed by atoms with Crippen molar-refractivity contribution in [3.05, 3.63) is 18.1 Å². The maximum absolute atomic E-state index is 12.3. The highest BCUT2D eigenvalue weighted by Crippen LogP contribution is 2.51. The summed E-state index contributed by atoms with van der Waals surface area (Å²) in [5.74, 6) is -1.81. The van der Waals surface area contributed by atoms with E-state index in [1.807, 2.05) is 6.92 Å². The lowest BCUT2D eigenvalue weighted by Gasteiger charge is -2.58. The topological polar surface area (TPSA) is 127 Å². The molecule has 0 spiro atoms. The number of anilines is 1. The molecule has 1 aromatic rings. The fourth-order valence-corrected chi connectivity index (χ4v) is 2.81. The average molecular weight is 308 g/mol. The molecule has 0 saturated heterocycles. The second-order valence-electron chi connectivity index (χ2n) is 5.82. The lowest BCUT2D eigenvalue weighted by atomic mass is 9.54. The van der Waals surface area contributed by atoms with Gasteiger partial charge in [0.15, 0.2) is 11.5 Å². The van der Waals surface area contributed by atoms with E-state index in [0.717, 1.165) is 0 Å². The number of aliphatic carboxylic acids is 1. The predicted octanol–water partition coefficient (Wildman–Crippen LogP) is 0.447. The molecule has 2 atom stereocenters. The molecule has 1 aromatic heterocycles. The molecule has 1 aliphatic rings. The predicted molar refractivity (Wildman–Crippen MR) is 78.1 cm³/mol. The first-order valence-corrected chi connectivity index (χ1v) is 7.00. The van der Waals surface area contributed by atoms with E-state index < -0.39 is 22.8 Å². The Kier molecular flexibility index (Phi) is 4.06. The van der Waals surface area contributed by atoms with Gasteiger partial charge in [0.05, 0.1) is 6.10 Å². The van der Waals surface area contributed by atoms with Crippen molar-refractivity contribution in [2.24, 2.45) is 5.41 Å². The number of nitrogen functional groups attached to an aromatic ring is 1. The quantitative estimate of drug-likeness (QED) is 0.720. The van der Waals surface area contributed by atoms with Crippen LogP contribution in [0.1, 0.15) is 37.7 Å². The van der Waals surface area contributed by atoms with E-state index in [0.29, 0.717) is 6.61 Å². The fraction of sp³-hybridized carbons (Fsp3) is 0.571. The minimum atomic E-state index is -1.42. The van der Waals surface area contributed by atoms with Crippen LogP contribution in [0.2, 0.25) is 0 Å². The summed E-state index contributed by atoms with van der Waals surface area (Å²) in [5, 5.41) is 12.2. The number of carboxylic acid groups (broad SMARTS) is 1. The first kappa shape index (κ1) is 16.2. The van der Waals surface area contributed by atoms with Crippen molar-refractivity contribution in [3.8, 4) is 0 Å². The minimum absolute atomic E-state index is 0.0426. The van der Waals surface area contributed by atoms with Gasteiger partial charge in [-0.05, 0) is 6.92 Å². The van der Waals surface area contributed by atoms with Crippen LogP contribution in [0.4, 0.5) is 5.82 Å². The van der Waals surface area contributed by atoms with Crippen molar-refractivity contribution in [3.63, 3.8) is 0 Å². The third-order valence-corrected chi connectivity index (χ3v) is 4.40. The number of carbonyl (C=O) groups excluding carboxylic acids is 1. The number of carbonyl (C=O) groups is 2. The highest BCUT2D eigenvalue weighted by molar-refractivity contribution is 6.00.